The molecule has 0 spiro atoms. The van der Waals surface area contributed by atoms with E-state index in [0.717, 1.165) is 10.0 Å². The summed E-state index contributed by atoms with van der Waals surface area (Å²) in [7, 11) is 0. The number of nitrogens with zero attached hydrogens (tertiary/aromatic N) is 3. The normalized spacial score (nSPS) is 12.8. The van der Waals surface area contributed by atoms with Gasteiger partial charge in [0, 0.05) is 22.4 Å². The molecule has 0 aliphatic carbocycles. The number of benzene rings is 2. The summed E-state index contributed by atoms with van der Waals surface area (Å²) in [5.74, 6) is 0.0772. The summed E-state index contributed by atoms with van der Waals surface area (Å²) >= 11 is 3.49. The zero-order chi connectivity index (χ0) is 17.6. The highest BCUT2D eigenvalue weighted by molar-refractivity contribution is 9.10. The highest BCUT2D eigenvalue weighted by Gasteiger charge is 2.20. The fraction of sp³-hybridized carbons (Fsp3) is 0.150. The SMILES string of the molecule is Cc1ccccc1C(CC(=NO)c1ccnnc1)c1ccc(Br)cc1. The maximum Gasteiger partial charge on any atom is 0.0893 e. The molecular formula is C20H18BrN3O. The van der Waals surface area contributed by atoms with Crippen LogP contribution in [0.15, 0.2) is 76.6 Å². The molecule has 0 radical (unpaired) electrons. The van der Waals surface area contributed by atoms with Gasteiger partial charge >= 0.3 is 0 Å². The molecule has 1 unspecified atom stereocenters. The Labute approximate surface area is 155 Å². The minimum absolute atomic E-state index is 0.0772. The van der Waals surface area contributed by atoms with Crippen molar-refractivity contribution in [1.29, 1.82) is 0 Å². The highest BCUT2D eigenvalue weighted by Crippen LogP contribution is 2.32. The average Bonchev–Trinajstić information content (AvgIpc) is 2.65. The Morgan fingerprint density at radius 3 is 2.48 bits per heavy atom. The first-order valence-electron chi connectivity index (χ1n) is 7.98. The van der Waals surface area contributed by atoms with Gasteiger partial charge in [0.25, 0.3) is 0 Å². The van der Waals surface area contributed by atoms with Crippen LogP contribution < -0.4 is 0 Å². The van der Waals surface area contributed by atoms with Crippen LogP contribution in [0.3, 0.4) is 0 Å². The van der Waals surface area contributed by atoms with E-state index >= 15 is 0 Å². The molecule has 0 saturated heterocycles. The van der Waals surface area contributed by atoms with Gasteiger partial charge in [-0.15, -0.1) is 0 Å². The van der Waals surface area contributed by atoms with Crippen molar-refractivity contribution >= 4 is 21.6 Å². The lowest BCUT2D eigenvalue weighted by molar-refractivity contribution is 0.317. The molecule has 1 atom stereocenters. The van der Waals surface area contributed by atoms with Crippen molar-refractivity contribution in [2.45, 2.75) is 19.3 Å². The van der Waals surface area contributed by atoms with Crippen molar-refractivity contribution < 1.29 is 5.21 Å². The molecule has 25 heavy (non-hydrogen) atoms. The minimum atomic E-state index is 0.0772. The maximum absolute atomic E-state index is 9.57. The van der Waals surface area contributed by atoms with E-state index in [1.807, 2.05) is 24.3 Å². The van der Waals surface area contributed by atoms with Crippen LogP contribution in [0.25, 0.3) is 0 Å². The molecule has 3 rings (SSSR count). The third-order valence-corrected chi connectivity index (χ3v) is 4.80. The first kappa shape index (κ1) is 17.3. The monoisotopic (exact) mass is 395 g/mol. The summed E-state index contributed by atoms with van der Waals surface area (Å²) in [4.78, 5) is 0. The number of rotatable bonds is 5. The Kier molecular flexibility index (Phi) is 5.56. The molecule has 0 bridgehead atoms. The lowest BCUT2D eigenvalue weighted by Crippen LogP contribution is -2.12. The highest BCUT2D eigenvalue weighted by atomic mass is 79.9. The molecule has 0 fully saturated rings. The van der Waals surface area contributed by atoms with Crippen LogP contribution in [0, 0.1) is 6.92 Å². The van der Waals surface area contributed by atoms with Crippen LogP contribution in [0.4, 0.5) is 0 Å². The van der Waals surface area contributed by atoms with E-state index in [0.29, 0.717) is 12.1 Å². The van der Waals surface area contributed by atoms with Gasteiger partial charge in [0.2, 0.25) is 0 Å². The molecule has 0 aliphatic heterocycles. The van der Waals surface area contributed by atoms with Gasteiger partial charge in [0.1, 0.15) is 0 Å². The van der Waals surface area contributed by atoms with Gasteiger partial charge in [-0.25, -0.2) is 0 Å². The number of aromatic nitrogens is 2. The van der Waals surface area contributed by atoms with Crippen LogP contribution >= 0.6 is 15.9 Å². The second-order valence-electron chi connectivity index (χ2n) is 5.84. The fourth-order valence-electron chi connectivity index (χ4n) is 2.95. The smallest absolute Gasteiger partial charge is 0.0893 e. The topological polar surface area (TPSA) is 58.4 Å². The fourth-order valence-corrected chi connectivity index (χ4v) is 3.22. The van der Waals surface area contributed by atoms with Crippen LogP contribution in [-0.4, -0.2) is 21.1 Å². The quantitative estimate of drug-likeness (QED) is 0.377. The van der Waals surface area contributed by atoms with Gasteiger partial charge in [-0.1, -0.05) is 57.5 Å². The average molecular weight is 396 g/mol. The van der Waals surface area contributed by atoms with E-state index in [-0.39, 0.29) is 5.92 Å². The first-order valence-corrected chi connectivity index (χ1v) is 8.77. The molecule has 2 aromatic carbocycles. The molecule has 4 nitrogen and oxygen atoms in total. The van der Waals surface area contributed by atoms with Crippen LogP contribution in [0.2, 0.25) is 0 Å². The van der Waals surface area contributed by atoms with E-state index in [4.69, 9.17) is 0 Å². The number of hydrogen-bond acceptors (Lipinski definition) is 4. The molecule has 5 heteroatoms. The Hall–Kier alpha value is -2.53. The van der Waals surface area contributed by atoms with Crippen LogP contribution in [-0.2, 0) is 0 Å². The molecule has 1 aromatic heterocycles. The summed E-state index contributed by atoms with van der Waals surface area (Å²) in [6.07, 6.45) is 3.78. The third kappa shape index (κ3) is 4.12. The molecule has 3 aromatic rings. The van der Waals surface area contributed by atoms with Crippen molar-refractivity contribution in [3.8, 4) is 0 Å². The number of hydrogen-bond donors (Lipinski definition) is 1. The minimum Gasteiger partial charge on any atom is -0.411 e. The van der Waals surface area contributed by atoms with Crippen molar-refractivity contribution in [2.24, 2.45) is 5.16 Å². The van der Waals surface area contributed by atoms with E-state index in [9.17, 15) is 5.21 Å². The summed E-state index contributed by atoms with van der Waals surface area (Å²) in [6.45, 7) is 2.10. The number of aryl methyl sites for hydroxylation is 1. The van der Waals surface area contributed by atoms with Crippen molar-refractivity contribution in [3.05, 3.63) is 93.7 Å². The summed E-state index contributed by atoms with van der Waals surface area (Å²) in [6, 6.07) is 18.4. The van der Waals surface area contributed by atoms with Crippen molar-refractivity contribution in [2.75, 3.05) is 0 Å². The molecule has 0 aliphatic rings. The van der Waals surface area contributed by atoms with Crippen LogP contribution in [0.1, 0.15) is 34.6 Å². The van der Waals surface area contributed by atoms with Gasteiger partial charge in [0.15, 0.2) is 0 Å². The van der Waals surface area contributed by atoms with Crippen molar-refractivity contribution in [1.82, 2.24) is 10.2 Å². The Morgan fingerprint density at radius 2 is 1.84 bits per heavy atom. The molecule has 0 amide bonds. The second-order valence-corrected chi connectivity index (χ2v) is 6.76. The van der Waals surface area contributed by atoms with Crippen LogP contribution in [0.5, 0.6) is 0 Å². The van der Waals surface area contributed by atoms with Crippen molar-refractivity contribution in [3.63, 3.8) is 0 Å². The molecular weight excluding hydrogens is 378 g/mol. The molecule has 126 valence electrons. The Morgan fingerprint density at radius 1 is 1.08 bits per heavy atom. The first-order chi connectivity index (χ1) is 12.2. The lowest BCUT2D eigenvalue weighted by Gasteiger charge is -2.21. The third-order valence-electron chi connectivity index (χ3n) is 4.27. The molecule has 0 saturated carbocycles. The molecule has 1 heterocycles. The predicted molar refractivity (Wildman–Crippen MR) is 102 cm³/mol. The van der Waals surface area contributed by atoms with Gasteiger partial charge < -0.3 is 5.21 Å². The standard InChI is InChI=1S/C20H18BrN3O/c1-14-4-2-3-5-18(14)19(15-6-8-17(21)9-7-15)12-20(24-25)16-10-11-22-23-13-16/h2-11,13,19,25H,12H2,1H3. The Balaban J connectivity index is 2.02. The van der Waals surface area contributed by atoms with E-state index in [1.54, 1.807) is 18.5 Å². The van der Waals surface area contributed by atoms with Gasteiger partial charge in [0.05, 0.1) is 18.1 Å². The zero-order valence-electron chi connectivity index (χ0n) is 13.8. The van der Waals surface area contributed by atoms with E-state index in [1.165, 1.54) is 16.7 Å². The second kappa shape index (κ2) is 8.03. The lowest BCUT2D eigenvalue weighted by atomic mass is 9.84. The summed E-state index contributed by atoms with van der Waals surface area (Å²) in [5, 5.41) is 20.8. The zero-order valence-corrected chi connectivity index (χ0v) is 15.4. The summed E-state index contributed by atoms with van der Waals surface area (Å²) < 4.78 is 1.04. The van der Waals surface area contributed by atoms with Gasteiger partial charge in [-0.2, -0.15) is 10.2 Å². The van der Waals surface area contributed by atoms with E-state index < -0.39 is 0 Å². The number of halogens is 1. The van der Waals surface area contributed by atoms with E-state index in [2.05, 4.69) is 62.5 Å². The largest absolute Gasteiger partial charge is 0.411 e. The summed E-state index contributed by atoms with van der Waals surface area (Å²) in [5.41, 5.74) is 4.95. The van der Waals surface area contributed by atoms with Gasteiger partial charge in [-0.05, 0) is 41.8 Å². The maximum atomic E-state index is 9.57. The predicted octanol–water partition coefficient (Wildman–Crippen LogP) is 4.95. The molecule has 1 N–H and O–H groups in total. The number of oxime groups is 1. The Bertz CT molecular complexity index is 864. The van der Waals surface area contributed by atoms with Gasteiger partial charge in [-0.3, -0.25) is 0 Å².